The van der Waals surface area contributed by atoms with Crippen molar-refractivity contribution in [3.63, 3.8) is 0 Å². The molecule has 2 aromatic rings. The van der Waals surface area contributed by atoms with Crippen LogP contribution in [0.1, 0.15) is 6.92 Å². The second kappa shape index (κ2) is 12.3. The molecule has 0 bridgehead atoms. The minimum atomic E-state index is -0.829. The number of rotatable bonds is 11. The van der Waals surface area contributed by atoms with Crippen LogP contribution < -0.4 is 15.0 Å². The SMILES string of the molecule is C=CCN(CC(=O)OC)c1cc(NC(C)=O)c(N=Nc2c(Br)cc([N+](=O)[O-])cc2[N+](=O)[O-])cc1OC. The number of ether oxygens (including phenoxy) is 2. The normalized spacial score (nSPS) is 10.6. The third-order valence-electron chi connectivity index (χ3n) is 4.54. The summed E-state index contributed by atoms with van der Waals surface area (Å²) in [6.07, 6.45) is 1.55. The Kier molecular flexibility index (Phi) is 9.55. The average molecular weight is 565 g/mol. The number of benzene rings is 2. The van der Waals surface area contributed by atoms with Crippen LogP contribution in [0.15, 0.2) is 51.6 Å². The number of nitrogens with zero attached hydrogens (tertiary/aromatic N) is 5. The van der Waals surface area contributed by atoms with Gasteiger partial charge in [-0.15, -0.1) is 16.8 Å². The zero-order valence-corrected chi connectivity index (χ0v) is 21.0. The molecule has 0 heterocycles. The van der Waals surface area contributed by atoms with E-state index in [0.29, 0.717) is 5.69 Å². The molecule has 0 unspecified atom stereocenters. The predicted molar refractivity (Wildman–Crippen MR) is 133 cm³/mol. The largest absolute Gasteiger partial charge is 0.494 e. The first kappa shape index (κ1) is 27.8. The maximum absolute atomic E-state index is 11.9. The number of halogens is 1. The van der Waals surface area contributed by atoms with Crippen molar-refractivity contribution < 1.29 is 28.9 Å². The molecule has 0 aliphatic heterocycles. The number of nitro benzene ring substituents is 2. The first-order valence-electron chi connectivity index (χ1n) is 9.98. The van der Waals surface area contributed by atoms with Crippen LogP contribution in [0.5, 0.6) is 5.75 Å². The molecule has 0 aliphatic carbocycles. The van der Waals surface area contributed by atoms with Gasteiger partial charge in [0.25, 0.3) is 5.69 Å². The van der Waals surface area contributed by atoms with Crippen molar-refractivity contribution in [3.8, 4) is 5.75 Å². The fourth-order valence-electron chi connectivity index (χ4n) is 2.98. The lowest BCUT2D eigenvalue weighted by Gasteiger charge is -2.25. The zero-order valence-electron chi connectivity index (χ0n) is 19.4. The lowest BCUT2D eigenvalue weighted by atomic mass is 10.2. The van der Waals surface area contributed by atoms with Crippen molar-refractivity contribution in [2.45, 2.75) is 6.92 Å². The van der Waals surface area contributed by atoms with Crippen LogP contribution in [0.25, 0.3) is 0 Å². The Hall–Kier alpha value is -4.40. The Labute approximate surface area is 213 Å². The summed E-state index contributed by atoms with van der Waals surface area (Å²) in [5, 5.41) is 33.1. The van der Waals surface area contributed by atoms with Crippen LogP contribution in [0, 0.1) is 20.2 Å². The van der Waals surface area contributed by atoms with Gasteiger partial charge in [0.15, 0.2) is 5.69 Å². The highest BCUT2D eigenvalue weighted by atomic mass is 79.9. The van der Waals surface area contributed by atoms with Crippen LogP contribution in [0.3, 0.4) is 0 Å². The Bertz CT molecular complexity index is 1250. The molecule has 0 saturated heterocycles. The summed E-state index contributed by atoms with van der Waals surface area (Å²) >= 11 is 3.06. The summed E-state index contributed by atoms with van der Waals surface area (Å²) in [4.78, 5) is 46.3. The van der Waals surface area contributed by atoms with Gasteiger partial charge < -0.3 is 19.7 Å². The van der Waals surface area contributed by atoms with Crippen molar-refractivity contribution in [3.05, 3.63) is 61.6 Å². The molecule has 2 rings (SSSR count). The molecule has 0 spiro atoms. The van der Waals surface area contributed by atoms with Gasteiger partial charge in [0.05, 0.1) is 46.0 Å². The lowest BCUT2D eigenvalue weighted by molar-refractivity contribution is -0.393. The molecule has 15 heteroatoms. The van der Waals surface area contributed by atoms with Gasteiger partial charge in [0.2, 0.25) is 5.91 Å². The number of nitro groups is 2. The molecular formula is C21H21BrN6O8. The minimum absolute atomic E-state index is 0.0351. The van der Waals surface area contributed by atoms with E-state index in [1.807, 2.05) is 0 Å². The summed E-state index contributed by atoms with van der Waals surface area (Å²) < 4.78 is 10.1. The average Bonchev–Trinajstić information content (AvgIpc) is 2.82. The van der Waals surface area contributed by atoms with E-state index in [4.69, 9.17) is 9.47 Å². The first-order valence-corrected chi connectivity index (χ1v) is 10.8. The van der Waals surface area contributed by atoms with Crippen LogP contribution in [-0.2, 0) is 14.3 Å². The van der Waals surface area contributed by atoms with Crippen LogP contribution in [0.4, 0.5) is 34.1 Å². The van der Waals surface area contributed by atoms with Crippen molar-refractivity contribution in [1.29, 1.82) is 0 Å². The molecule has 190 valence electrons. The van der Waals surface area contributed by atoms with Gasteiger partial charge in [-0.1, -0.05) is 6.08 Å². The Balaban J connectivity index is 2.68. The van der Waals surface area contributed by atoms with E-state index < -0.39 is 33.1 Å². The predicted octanol–water partition coefficient (Wildman–Crippen LogP) is 4.81. The zero-order chi connectivity index (χ0) is 27.0. The summed E-state index contributed by atoms with van der Waals surface area (Å²) in [5.41, 5.74) is -0.830. The summed E-state index contributed by atoms with van der Waals surface area (Å²) in [6.45, 7) is 5.02. The first-order chi connectivity index (χ1) is 17.0. The third kappa shape index (κ3) is 6.82. The number of azo groups is 1. The van der Waals surface area contributed by atoms with Crippen LogP contribution >= 0.6 is 15.9 Å². The number of methoxy groups -OCH3 is 2. The number of non-ortho nitro benzene ring substituents is 1. The van der Waals surface area contributed by atoms with Crippen LogP contribution in [-0.4, -0.2) is 49.0 Å². The highest BCUT2D eigenvalue weighted by Crippen LogP contribution is 2.43. The van der Waals surface area contributed by atoms with Gasteiger partial charge in [-0.2, -0.15) is 0 Å². The van der Waals surface area contributed by atoms with E-state index in [0.717, 1.165) is 12.1 Å². The number of carbonyl (C=O) groups is 2. The molecule has 14 nitrogen and oxygen atoms in total. The number of esters is 1. The van der Waals surface area contributed by atoms with E-state index in [1.54, 1.807) is 11.0 Å². The standard InChI is InChI=1S/C21H21BrN6O8/c1-5-6-26(11-20(30)36-4)17-9-15(23-12(2)29)16(10-19(17)35-3)24-25-21-14(22)7-13(27(31)32)8-18(21)28(33)34/h5,7-10H,1,6,11H2,2-4H3,(H,23,29). The quantitative estimate of drug-likeness (QED) is 0.132. The van der Waals surface area contributed by atoms with Gasteiger partial charge in [-0.05, 0) is 22.0 Å². The smallest absolute Gasteiger partial charge is 0.325 e. The molecule has 1 amide bonds. The van der Waals surface area contributed by atoms with E-state index in [9.17, 15) is 29.8 Å². The van der Waals surface area contributed by atoms with Gasteiger partial charge in [0.1, 0.15) is 18.0 Å². The van der Waals surface area contributed by atoms with Crippen molar-refractivity contribution in [1.82, 2.24) is 0 Å². The maximum Gasteiger partial charge on any atom is 0.325 e. The topological polar surface area (TPSA) is 179 Å². The van der Waals surface area contributed by atoms with Gasteiger partial charge in [-0.3, -0.25) is 29.8 Å². The number of hydrogen-bond acceptors (Lipinski definition) is 11. The van der Waals surface area contributed by atoms with Crippen molar-refractivity contribution in [2.75, 3.05) is 37.5 Å². The fraction of sp³-hybridized carbons (Fsp3) is 0.238. The fourth-order valence-corrected chi connectivity index (χ4v) is 3.50. The molecule has 2 aromatic carbocycles. The van der Waals surface area contributed by atoms with Crippen molar-refractivity contribution >= 4 is 61.9 Å². The molecule has 0 atom stereocenters. The molecule has 0 aliphatic rings. The summed E-state index contributed by atoms with van der Waals surface area (Å²) in [6, 6.07) is 4.71. The van der Waals surface area contributed by atoms with Gasteiger partial charge >= 0.3 is 11.7 Å². The van der Waals surface area contributed by atoms with E-state index in [2.05, 4.69) is 38.1 Å². The van der Waals surface area contributed by atoms with Gasteiger partial charge in [0, 0.05) is 25.6 Å². The summed E-state index contributed by atoms with van der Waals surface area (Å²) in [5.74, 6) is -0.742. The number of carbonyl (C=O) groups excluding carboxylic acids is 2. The van der Waals surface area contributed by atoms with Gasteiger partial charge in [-0.25, -0.2) is 0 Å². The Morgan fingerprint density at radius 1 is 1.17 bits per heavy atom. The van der Waals surface area contributed by atoms with E-state index in [1.165, 1.54) is 33.3 Å². The number of amides is 1. The number of nitrogens with one attached hydrogen (secondary N) is 1. The highest BCUT2D eigenvalue weighted by Gasteiger charge is 2.24. The molecule has 0 aromatic heterocycles. The Morgan fingerprint density at radius 3 is 2.39 bits per heavy atom. The van der Waals surface area contributed by atoms with Crippen LogP contribution in [0.2, 0.25) is 0 Å². The summed E-state index contributed by atoms with van der Waals surface area (Å²) in [7, 11) is 2.62. The highest BCUT2D eigenvalue weighted by molar-refractivity contribution is 9.10. The monoisotopic (exact) mass is 564 g/mol. The molecule has 36 heavy (non-hydrogen) atoms. The minimum Gasteiger partial charge on any atom is -0.494 e. The molecule has 0 saturated carbocycles. The third-order valence-corrected chi connectivity index (χ3v) is 5.14. The second-order valence-corrected chi connectivity index (χ2v) is 7.83. The molecule has 1 N–H and O–H groups in total. The maximum atomic E-state index is 11.9. The Morgan fingerprint density at radius 2 is 1.86 bits per heavy atom. The molecule has 0 radical (unpaired) electrons. The van der Waals surface area contributed by atoms with Crippen molar-refractivity contribution in [2.24, 2.45) is 10.2 Å². The van der Waals surface area contributed by atoms with E-state index in [-0.39, 0.29) is 40.4 Å². The molecule has 0 fully saturated rings. The molecular weight excluding hydrogens is 544 g/mol. The second-order valence-electron chi connectivity index (χ2n) is 6.98. The lowest BCUT2D eigenvalue weighted by Crippen LogP contribution is -2.31. The number of hydrogen-bond donors (Lipinski definition) is 1. The van der Waals surface area contributed by atoms with E-state index >= 15 is 0 Å². The number of anilines is 2.